The molecule has 0 radical (unpaired) electrons. The molecule has 0 bridgehead atoms. The highest BCUT2D eigenvalue weighted by Crippen LogP contribution is 2.13. The van der Waals surface area contributed by atoms with Crippen molar-refractivity contribution >= 4 is 12.4 Å². The molecule has 0 amide bonds. The van der Waals surface area contributed by atoms with Gasteiger partial charge in [0.05, 0.1) is 12.4 Å². The largest absolute Gasteiger partial charge is 0.484 e. The van der Waals surface area contributed by atoms with Crippen LogP contribution in [0.2, 0.25) is 0 Å². The molecule has 1 saturated heterocycles. The third-order valence-corrected chi connectivity index (χ3v) is 3.13. The molecule has 0 unspecified atom stereocenters. The number of aryl methyl sites for hydroxylation is 2. The van der Waals surface area contributed by atoms with Crippen LogP contribution in [0.1, 0.15) is 5.56 Å². The summed E-state index contributed by atoms with van der Waals surface area (Å²) in [6.07, 6.45) is 5.08. The molecule has 1 aliphatic heterocycles. The summed E-state index contributed by atoms with van der Waals surface area (Å²) in [7, 11) is 0. The molecule has 2 aromatic rings. The first-order valence-corrected chi connectivity index (χ1v) is 6.34. The van der Waals surface area contributed by atoms with Crippen molar-refractivity contribution in [3.63, 3.8) is 0 Å². The van der Waals surface area contributed by atoms with E-state index in [1.54, 1.807) is 6.20 Å². The summed E-state index contributed by atoms with van der Waals surface area (Å²) in [5.41, 5.74) is 1.33. The van der Waals surface area contributed by atoms with E-state index >= 15 is 0 Å². The maximum absolute atomic E-state index is 5.74. The van der Waals surface area contributed by atoms with E-state index in [4.69, 9.17) is 4.74 Å². The molecular weight excluding hydrogens is 262 g/mol. The Bertz CT molecular complexity index is 496. The molecule has 19 heavy (non-hydrogen) atoms. The van der Waals surface area contributed by atoms with Crippen LogP contribution in [0.4, 0.5) is 0 Å². The molecule has 4 nitrogen and oxygen atoms in total. The van der Waals surface area contributed by atoms with Crippen LogP contribution in [0.25, 0.3) is 0 Å². The van der Waals surface area contributed by atoms with Gasteiger partial charge in [0.25, 0.3) is 0 Å². The second-order valence-electron chi connectivity index (χ2n) is 4.57. The minimum atomic E-state index is 0. The fourth-order valence-corrected chi connectivity index (χ4v) is 1.95. The first-order chi connectivity index (χ1) is 8.90. The average molecular weight is 280 g/mol. The fraction of sp³-hybridized carbons (Fsp3) is 0.357. The van der Waals surface area contributed by atoms with Crippen LogP contribution in [0.15, 0.2) is 42.7 Å². The molecule has 0 atom stereocenters. The summed E-state index contributed by atoms with van der Waals surface area (Å²) in [4.78, 5) is 0. The topological polar surface area (TPSA) is 39.1 Å². The van der Waals surface area contributed by atoms with Crippen molar-refractivity contribution in [2.24, 2.45) is 0 Å². The lowest BCUT2D eigenvalue weighted by molar-refractivity contribution is 0.142. The normalized spacial score (nSPS) is 14.5. The first-order valence-electron chi connectivity index (χ1n) is 6.34. The van der Waals surface area contributed by atoms with Crippen molar-refractivity contribution < 1.29 is 4.74 Å². The zero-order chi connectivity index (χ0) is 12.2. The third kappa shape index (κ3) is 3.72. The summed E-state index contributed by atoms with van der Waals surface area (Å²) < 4.78 is 7.68. The maximum Gasteiger partial charge on any atom is 0.157 e. The molecule has 0 saturated carbocycles. The van der Waals surface area contributed by atoms with Crippen molar-refractivity contribution in [3.8, 4) is 5.75 Å². The van der Waals surface area contributed by atoms with Crippen molar-refractivity contribution in [2.75, 3.05) is 13.1 Å². The smallest absolute Gasteiger partial charge is 0.157 e. The van der Waals surface area contributed by atoms with Crippen LogP contribution in [0.3, 0.4) is 0 Å². The van der Waals surface area contributed by atoms with Crippen LogP contribution in [0.5, 0.6) is 5.75 Å². The molecule has 1 aliphatic rings. The predicted octanol–water partition coefficient (Wildman–Crippen LogP) is 1.90. The summed E-state index contributed by atoms with van der Waals surface area (Å²) in [6, 6.07) is 10.4. The van der Waals surface area contributed by atoms with Crippen LogP contribution in [-0.4, -0.2) is 29.0 Å². The molecule has 1 fully saturated rings. The van der Waals surface area contributed by atoms with E-state index in [9.17, 15) is 0 Å². The Kier molecular flexibility index (Phi) is 4.82. The van der Waals surface area contributed by atoms with E-state index in [-0.39, 0.29) is 12.4 Å². The molecule has 0 spiro atoms. The number of ether oxygens (including phenoxy) is 1. The van der Waals surface area contributed by atoms with Gasteiger partial charge in [0.15, 0.2) is 5.75 Å². The molecule has 1 aromatic carbocycles. The van der Waals surface area contributed by atoms with Gasteiger partial charge >= 0.3 is 0 Å². The molecule has 102 valence electrons. The van der Waals surface area contributed by atoms with Gasteiger partial charge in [-0.15, -0.1) is 12.4 Å². The number of halogens is 1. The lowest BCUT2D eigenvalue weighted by Gasteiger charge is -2.26. The van der Waals surface area contributed by atoms with Crippen molar-refractivity contribution in [1.29, 1.82) is 0 Å². The van der Waals surface area contributed by atoms with E-state index < -0.39 is 0 Å². The van der Waals surface area contributed by atoms with Gasteiger partial charge in [-0.3, -0.25) is 4.68 Å². The lowest BCUT2D eigenvalue weighted by atomic mass is 10.1. The Labute approximate surface area is 119 Å². The van der Waals surface area contributed by atoms with E-state index in [1.807, 2.05) is 16.9 Å². The van der Waals surface area contributed by atoms with Gasteiger partial charge in [-0.25, -0.2) is 0 Å². The molecule has 3 rings (SSSR count). The van der Waals surface area contributed by atoms with Crippen LogP contribution < -0.4 is 10.1 Å². The lowest BCUT2D eigenvalue weighted by Crippen LogP contribution is -2.50. The van der Waals surface area contributed by atoms with Gasteiger partial charge in [0.2, 0.25) is 0 Å². The molecule has 2 heterocycles. The molecule has 5 heteroatoms. The Morgan fingerprint density at radius 1 is 1.26 bits per heavy atom. The van der Waals surface area contributed by atoms with Gasteiger partial charge in [0, 0.05) is 19.6 Å². The van der Waals surface area contributed by atoms with Crippen LogP contribution in [-0.2, 0) is 13.0 Å². The van der Waals surface area contributed by atoms with Crippen LogP contribution in [0, 0.1) is 0 Å². The number of hydrogen-bond donors (Lipinski definition) is 1. The van der Waals surface area contributed by atoms with Gasteiger partial charge in [-0.1, -0.05) is 30.3 Å². The van der Waals surface area contributed by atoms with E-state index in [0.717, 1.165) is 31.8 Å². The van der Waals surface area contributed by atoms with Gasteiger partial charge in [0.1, 0.15) is 6.10 Å². The van der Waals surface area contributed by atoms with Gasteiger partial charge < -0.3 is 10.1 Å². The monoisotopic (exact) mass is 279 g/mol. The third-order valence-electron chi connectivity index (χ3n) is 3.13. The van der Waals surface area contributed by atoms with Crippen molar-refractivity contribution in [2.45, 2.75) is 19.1 Å². The number of benzene rings is 1. The summed E-state index contributed by atoms with van der Waals surface area (Å²) >= 11 is 0. The molecule has 0 aliphatic carbocycles. The zero-order valence-electron chi connectivity index (χ0n) is 10.7. The highest BCUT2D eigenvalue weighted by molar-refractivity contribution is 5.85. The number of hydrogen-bond acceptors (Lipinski definition) is 3. The highest BCUT2D eigenvalue weighted by atomic mass is 35.5. The standard InChI is InChI=1S/C14H17N3O.ClH/c1-2-4-12(5-3-1)6-7-17-11-14(10-16-17)18-13-8-15-9-13;/h1-5,10-11,13,15H,6-9H2;1H. The zero-order valence-corrected chi connectivity index (χ0v) is 11.5. The molecule has 1 aromatic heterocycles. The number of aromatic nitrogens is 2. The number of nitrogens with zero attached hydrogens (tertiary/aromatic N) is 2. The second kappa shape index (κ2) is 6.59. The van der Waals surface area contributed by atoms with Crippen molar-refractivity contribution in [1.82, 2.24) is 15.1 Å². The van der Waals surface area contributed by atoms with Crippen molar-refractivity contribution in [3.05, 3.63) is 48.3 Å². The Morgan fingerprint density at radius 2 is 2.05 bits per heavy atom. The summed E-state index contributed by atoms with van der Waals surface area (Å²) in [6.45, 7) is 2.76. The number of rotatable bonds is 5. The van der Waals surface area contributed by atoms with E-state index in [2.05, 4.69) is 34.7 Å². The highest BCUT2D eigenvalue weighted by Gasteiger charge is 2.18. The van der Waals surface area contributed by atoms with Gasteiger partial charge in [-0.2, -0.15) is 5.10 Å². The fourth-order valence-electron chi connectivity index (χ4n) is 1.95. The second-order valence-corrected chi connectivity index (χ2v) is 4.57. The SMILES string of the molecule is Cl.c1ccc(CCn2cc(OC3CNC3)cn2)cc1. The minimum Gasteiger partial charge on any atom is -0.484 e. The Balaban J connectivity index is 0.00000133. The van der Waals surface area contributed by atoms with Crippen LogP contribution >= 0.6 is 12.4 Å². The minimum absolute atomic E-state index is 0. The quantitative estimate of drug-likeness (QED) is 0.909. The summed E-state index contributed by atoms with van der Waals surface area (Å²) in [5.74, 6) is 0.870. The molecular formula is C14H18ClN3O. The maximum atomic E-state index is 5.74. The molecule has 1 N–H and O–H groups in total. The van der Waals surface area contributed by atoms with E-state index in [0.29, 0.717) is 6.10 Å². The predicted molar refractivity (Wildman–Crippen MR) is 76.9 cm³/mol. The Hall–Kier alpha value is -1.52. The summed E-state index contributed by atoms with van der Waals surface area (Å²) in [5, 5.41) is 7.50. The Morgan fingerprint density at radius 3 is 2.74 bits per heavy atom. The van der Waals surface area contributed by atoms with Gasteiger partial charge in [-0.05, 0) is 12.0 Å². The van der Waals surface area contributed by atoms with E-state index in [1.165, 1.54) is 5.56 Å². The first kappa shape index (κ1) is 13.9. The number of nitrogens with one attached hydrogen (secondary N) is 1. The average Bonchev–Trinajstić information content (AvgIpc) is 2.81.